The molecule has 0 spiro atoms. The van der Waals surface area contributed by atoms with E-state index in [0.717, 1.165) is 83.5 Å². The van der Waals surface area contributed by atoms with Gasteiger partial charge in [0.15, 0.2) is 6.10 Å². The molecule has 0 saturated carbocycles. The maximum Gasteiger partial charge on any atom is 0.306 e. The summed E-state index contributed by atoms with van der Waals surface area (Å²) in [4.78, 5) is 38.3. The van der Waals surface area contributed by atoms with Crippen LogP contribution in [0, 0.1) is 0 Å². The largest absolute Gasteiger partial charge is 0.462 e. The molecule has 0 aliphatic carbocycles. The van der Waals surface area contributed by atoms with Gasteiger partial charge in [0.2, 0.25) is 0 Å². The summed E-state index contributed by atoms with van der Waals surface area (Å²) in [6.45, 7) is 6.61. The van der Waals surface area contributed by atoms with Gasteiger partial charge in [-0.1, -0.05) is 248 Å². The van der Waals surface area contributed by atoms with Crippen molar-refractivity contribution in [3.63, 3.8) is 0 Å². The molecule has 6 heteroatoms. The van der Waals surface area contributed by atoms with E-state index in [-0.39, 0.29) is 31.1 Å². The number of esters is 3. The lowest BCUT2D eigenvalue weighted by Crippen LogP contribution is -2.30. The Bertz CT molecular complexity index is 1280. The summed E-state index contributed by atoms with van der Waals surface area (Å²) in [5.41, 5.74) is 0. The fraction of sp³-hybridized carbons (Fsp3) is 0.800. The number of carbonyl (C=O) groups excluding carboxylic acids is 3. The molecule has 0 aliphatic rings. The molecule has 6 nitrogen and oxygen atoms in total. The number of allylic oxidation sites excluding steroid dienone is 10. The monoisotopic (exact) mass is 993 g/mol. The molecule has 0 fully saturated rings. The van der Waals surface area contributed by atoms with Crippen molar-refractivity contribution in [2.24, 2.45) is 0 Å². The number of unbranched alkanes of at least 4 members (excludes halogenated alkanes) is 35. The van der Waals surface area contributed by atoms with Crippen LogP contribution in [-0.2, 0) is 28.6 Å². The minimum Gasteiger partial charge on any atom is -0.462 e. The summed E-state index contributed by atoms with van der Waals surface area (Å²) in [5.74, 6) is -0.889. The average molecular weight is 994 g/mol. The molecule has 0 heterocycles. The van der Waals surface area contributed by atoms with E-state index in [9.17, 15) is 14.4 Å². The van der Waals surface area contributed by atoms with E-state index in [2.05, 4.69) is 81.5 Å². The first-order valence-corrected chi connectivity index (χ1v) is 30.8. The third-order valence-corrected chi connectivity index (χ3v) is 13.5. The Hall–Kier alpha value is -2.89. The topological polar surface area (TPSA) is 78.9 Å². The highest BCUT2D eigenvalue weighted by molar-refractivity contribution is 5.71. The van der Waals surface area contributed by atoms with E-state index in [1.807, 2.05) is 0 Å². The first kappa shape index (κ1) is 68.1. The zero-order valence-corrected chi connectivity index (χ0v) is 47.2. The number of hydrogen-bond acceptors (Lipinski definition) is 6. The molecule has 0 bridgehead atoms. The molecular formula is C65H116O6. The predicted molar refractivity (Wildman–Crippen MR) is 307 cm³/mol. The fourth-order valence-electron chi connectivity index (χ4n) is 8.79. The Labute approximate surface area is 440 Å². The summed E-state index contributed by atoms with van der Waals surface area (Å²) in [5, 5.41) is 0. The van der Waals surface area contributed by atoms with E-state index < -0.39 is 6.10 Å². The van der Waals surface area contributed by atoms with Crippen LogP contribution in [0.4, 0.5) is 0 Å². The van der Waals surface area contributed by atoms with Crippen LogP contribution in [0.5, 0.6) is 0 Å². The van der Waals surface area contributed by atoms with E-state index >= 15 is 0 Å². The highest BCUT2D eigenvalue weighted by atomic mass is 16.6. The van der Waals surface area contributed by atoms with Crippen molar-refractivity contribution < 1.29 is 28.6 Å². The molecule has 0 aromatic carbocycles. The zero-order chi connectivity index (χ0) is 51.4. The number of ether oxygens (including phenoxy) is 3. The van der Waals surface area contributed by atoms with Gasteiger partial charge in [0, 0.05) is 19.3 Å². The van der Waals surface area contributed by atoms with Crippen LogP contribution < -0.4 is 0 Å². The Morgan fingerprint density at radius 2 is 0.507 bits per heavy atom. The van der Waals surface area contributed by atoms with Crippen molar-refractivity contribution in [1.82, 2.24) is 0 Å². The Morgan fingerprint density at radius 3 is 0.831 bits per heavy atom. The van der Waals surface area contributed by atoms with Crippen LogP contribution >= 0.6 is 0 Å². The quantitative estimate of drug-likeness (QED) is 0.0261. The van der Waals surface area contributed by atoms with Gasteiger partial charge in [-0.25, -0.2) is 0 Å². The summed E-state index contributed by atoms with van der Waals surface area (Å²) in [6.07, 6.45) is 74.9. The van der Waals surface area contributed by atoms with Crippen molar-refractivity contribution in [3.05, 3.63) is 60.8 Å². The van der Waals surface area contributed by atoms with Crippen molar-refractivity contribution in [3.8, 4) is 0 Å². The van der Waals surface area contributed by atoms with E-state index in [1.54, 1.807) is 0 Å². The van der Waals surface area contributed by atoms with Gasteiger partial charge in [-0.3, -0.25) is 14.4 Å². The molecule has 0 radical (unpaired) electrons. The number of rotatable bonds is 56. The fourth-order valence-corrected chi connectivity index (χ4v) is 8.79. The Kier molecular flexibility index (Phi) is 57.2. The molecule has 0 aliphatic heterocycles. The zero-order valence-electron chi connectivity index (χ0n) is 47.2. The molecule has 0 aromatic rings. The lowest BCUT2D eigenvalue weighted by atomic mass is 10.1. The maximum atomic E-state index is 12.9. The van der Waals surface area contributed by atoms with E-state index in [1.165, 1.54) is 193 Å². The Balaban J connectivity index is 4.39. The molecule has 412 valence electrons. The van der Waals surface area contributed by atoms with Crippen molar-refractivity contribution >= 4 is 17.9 Å². The van der Waals surface area contributed by atoms with Crippen LogP contribution in [0.3, 0.4) is 0 Å². The van der Waals surface area contributed by atoms with E-state index in [4.69, 9.17) is 14.2 Å². The minimum absolute atomic E-state index is 0.0814. The molecule has 0 aromatic heterocycles. The molecule has 0 N–H and O–H groups in total. The number of carbonyl (C=O) groups is 3. The third kappa shape index (κ3) is 57.9. The standard InChI is InChI=1S/C65H116O6/c1-4-7-10-13-16-19-22-25-28-31-33-35-37-40-43-46-49-52-55-58-64(67)70-61-62(60-69-63(66)57-54-51-48-45-42-39-36-30-27-24-21-18-15-12-9-6-3)71-65(68)59-56-53-50-47-44-41-38-34-32-29-26-23-20-17-14-11-8-5-2/h16,19,21,24-25,28-30,32,36,62H,4-15,17-18,20,22-23,26-27,31,33-35,37-61H2,1-3H3/b19-16-,24-21-,28-25-,32-29-,36-30-. The molecule has 71 heavy (non-hydrogen) atoms. The smallest absolute Gasteiger partial charge is 0.306 e. The first-order chi connectivity index (χ1) is 35.0. The molecule has 0 saturated heterocycles. The van der Waals surface area contributed by atoms with Gasteiger partial charge in [-0.2, -0.15) is 0 Å². The molecule has 0 rings (SSSR count). The maximum absolute atomic E-state index is 12.9. The van der Waals surface area contributed by atoms with Crippen molar-refractivity contribution in [1.29, 1.82) is 0 Å². The molecule has 1 unspecified atom stereocenters. The second-order valence-corrected chi connectivity index (χ2v) is 20.6. The normalized spacial score (nSPS) is 12.4. The van der Waals surface area contributed by atoms with Crippen molar-refractivity contribution in [2.45, 2.75) is 322 Å². The highest BCUT2D eigenvalue weighted by Gasteiger charge is 2.19. The first-order valence-electron chi connectivity index (χ1n) is 30.8. The van der Waals surface area contributed by atoms with Gasteiger partial charge < -0.3 is 14.2 Å². The van der Waals surface area contributed by atoms with Gasteiger partial charge in [0.25, 0.3) is 0 Å². The van der Waals surface area contributed by atoms with Gasteiger partial charge in [0.05, 0.1) is 0 Å². The highest BCUT2D eigenvalue weighted by Crippen LogP contribution is 2.16. The van der Waals surface area contributed by atoms with Crippen LogP contribution in [0.25, 0.3) is 0 Å². The average Bonchev–Trinajstić information content (AvgIpc) is 3.37. The molecule has 1 atom stereocenters. The van der Waals surface area contributed by atoms with Gasteiger partial charge >= 0.3 is 17.9 Å². The number of hydrogen-bond donors (Lipinski definition) is 0. The van der Waals surface area contributed by atoms with E-state index in [0.29, 0.717) is 19.3 Å². The van der Waals surface area contributed by atoms with Gasteiger partial charge in [-0.05, 0) is 109 Å². The third-order valence-electron chi connectivity index (χ3n) is 13.5. The lowest BCUT2D eigenvalue weighted by Gasteiger charge is -2.18. The Morgan fingerprint density at radius 1 is 0.282 bits per heavy atom. The minimum atomic E-state index is -0.785. The van der Waals surface area contributed by atoms with Crippen molar-refractivity contribution in [2.75, 3.05) is 13.2 Å². The van der Waals surface area contributed by atoms with Crippen LogP contribution in [-0.4, -0.2) is 37.2 Å². The van der Waals surface area contributed by atoms with Crippen LogP contribution in [0.1, 0.15) is 316 Å². The van der Waals surface area contributed by atoms with Crippen LogP contribution in [0.2, 0.25) is 0 Å². The summed E-state index contributed by atoms with van der Waals surface area (Å²) in [6, 6.07) is 0. The lowest BCUT2D eigenvalue weighted by molar-refractivity contribution is -0.167. The second-order valence-electron chi connectivity index (χ2n) is 20.6. The molecule has 0 amide bonds. The summed E-state index contributed by atoms with van der Waals surface area (Å²) >= 11 is 0. The summed E-state index contributed by atoms with van der Waals surface area (Å²) < 4.78 is 16.9. The predicted octanol–water partition coefficient (Wildman–Crippen LogP) is 20.8. The summed E-state index contributed by atoms with van der Waals surface area (Å²) in [7, 11) is 0. The molecular weight excluding hydrogens is 877 g/mol. The van der Waals surface area contributed by atoms with Crippen LogP contribution in [0.15, 0.2) is 60.8 Å². The van der Waals surface area contributed by atoms with Gasteiger partial charge in [0.1, 0.15) is 13.2 Å². The second kappa shape index (κ2) is 59.7. The van der Waals surface area contributed by atoms with Gasteiger partial charge in [-0.15, -0.1) is 0 Å². The SMILES string of the molecule is CCCCC/C=C\C/C=C\CCCCCCCCCCCC(=O)OCC(COC(=O)CCCCCCC/C=C\C/C=C\CCCCCC)OC(=O)CCCCCCCCC/C=C\CCCCCCCCC.